The number of thioether (sulfide) groups is 1. The maximum Gasteiger partial charge on any atom is 0.285 e. The highest BCUT2D eigenvalue weighted by Crippen LogP contribution is 2.35. The summed E-state index contributed by atoms with van der Waals surface area (Å²) in [6.45, 7) is 6.61. The van der Waals surface area contributed by atoms with Crippen molar-refractivity contribution in [2.24, 2.45) is 0 Å². The number of carbonyl (C=O) groups is 1. The fourth-order valence-electron chi connectivity index (χ4n) is 2.72. The molecular weight excluding hydrogens is 432 g/mol. The lowest BCUT2D eigenvalue weighted by atomic mass is 10.2. The molecule has 0 unspecified atom stereocenters. The fourth-order valence-corrected chi connectivity index (χ4v) is 4.34. The molecule has 7 heteroatoms. The van der Waals surface area contributed by atoms with Gasteiger partial charge in [0, 0.05) is 21.4 Å². The van der Waals surface area contributed by atoms with Gasteiger partial charge in [-0.25, -0.2) is 0 Å². The van der Waals surface area contributed by atoms with Gasteiger partial charge in [-0.15, -0.1) is 0 Å². The number of halogens is 1. The van der Waals surface area contributed by atoms with Gasteiger partial charge in [0.25, 0.3) is 5.91 Å². The summed E-state index contributed by atoms with van der Waals surface area (Å²) in [6.07, 6.45) is 2.77. The molecule has 0 aliphatic carbocycles. The van der Waals surface area contributed by atoms with Crippen LogP contribution in [0, 0.1) is 13.8 Å². The summed E-state index contributed by atoms with van der Waals surface area (Å²) in [6, 6.07) is 9.74. The number of benzene rings is 1. The van der Waals surface area contributed by atoms with Gasteiger partial charge in [-0.2, -0.15) is 5.01 Å². The Morgan fingerprint density at radius 2 is 1.92 bits per heavy atom. The van der Waals surface area contributed by atoms with E-state index in [0.717, 1.165) is 33.6 Å². The Bertz CT molecular complexity index is 885. The fraction of sp³-hybridized carbons (Fsp3) is 0.263. The molecule has 0 N–H and O–H groups in total. The average Bonchev–Trinajstić information content (AvgIpc) is 3.06. The van der Waals surface area contributed by atoms with Crippen LogP contribution in [-0.4, -0.2) is 21.5 Å². The molecule has 1 saturated heterocycles. The lowest BCUT2D eigenvalue weighted by Crippen LogP contribution is -2.39. The molecule has 1 aromatic carbocycles. The molecule has 0 saturated carbocycles. The van der Waals surface area contributed by atoms with Crippen molar-refractivity contribution >= 4 is 56.2 Å². The van der Waals surface area contributed by atoms with E-state index < -0.39 is 0 Å². The Labute approximate surface area is 171 Å². The number of amides is 1. The summed E-state index contributed by atoms with van der Waals surface area (Å²) < 4.78 is 9.12. The van der Waals surface area contributed by atoms with Gasteiger partial charge in [0.05, 0.1) is 11.5 Å². The van der Waals surface area contributed by atoms with Crippen LogP contribution in [0.4, 0.5) is 0 Å². The number of nitrogens with zero attached hydrogens (tertiary/aromatic N) is 2. The Balaban J connectivity index is 1.97. The standard InChI is InChI=1S/C19H19BrN2O2S2/c1-4-9-24-16-8-7-15(20)10-14(16)11-17-18(23)22(19(25)26-17)21-12(2)5-6-13(21)3/h5-8,10-11H,4,9H2,1-3H3/b17-11+. The van der Waals surface area contributed by atoms with Crippen molar-refractivity contribution in [3.05, 3.63) is 56.7 Å². The van der Waals surface area contributed by atoms with Crippen molar-refractivity contribution in [3.8, 4) is 5.75 Å². The van der Waals surface area contributed by atoms with Gasteiger partial charge in [0.2, 0.25) is 0 Å². The third kappa shape index (κ3) is 3.75. The van der Waals surface area contributed by atoms with Gasteiger partial charge in [-0.05, 0) is 68.9 Å². The van der Waals surface area contributed by atoms with E-state index in [1.165, 1.54) is 11.8 Å². The average molecular weight is 451 g/mol. The van der Waals surface area contributed by atoms with Crippen LogP contribution in [0.5, 0.6) is 5.75 Å². The third-order valence-electron chi connectivity index (χ3n) is 3.93. The zero-order chi connectivity index (χ0) is 18.8. The van der Waals surface area contributed by atoms with Crippen LogP contribution < -0.4 is 9.75 Å². The highest BCUT2D eigenvalue weighted by atomic mass is 79.9. The molecule has 136 valence electrons. The molecular formula is C19H19BrN2O2S2. The Kier molecular flexibility index (Phi) is 5.89. The number of aryl methyl sites for hydroxylation is 2. The van der Waals surface area contributed by atoms with E-state index in [9.17, 15) is 4.79 Å². The molecule has 1 aliphatic rings. The van der Waals surface area contributed by atoms with Crippen LogP contribution in [0.25, 0.3) is 6.08 Å². The highest BCUT2D eigenvalue weighted by molar-refractivity contribution is 9.10. The van der Waals surface area contributed by atoms with Crippen LogP contribution in [-0.2, 0) is 4.79 Å². The van der Waals surface area contributed by atoms with E-state index in [1.54, 1.807) is 5.01 Å². The first kappa shape index (κ1) is 19.2. The maximum absolute atomic E-state index is 13.0. The summed E-state index contributed by atoms with van der Waals surface area (Å²) in [5.41, 5.74) is 2.79. The molecule has 1 amide bonds. The zero-order valence-electron chi connectivity index (χ0n) is 14.8. The summed E-state index contributed by atoms with van der Waals surface area (Å²) in [5.74, 6) is 0.637. The summed E-state index contributed by atoms with van der Waals surface area (Å²) >= 11 is 10.3. The molecule has 1 aromatic heterocycles. The van der Waals surface area contributed by atoms with E-state index in [-0.39, 0.29) is 5.91 Å². The van der Waals surface area contributed by atoms with Crippen molar-refractivity contribution < 1.29 is 9.53 Å². The predicted octanol–water partition coefficient (Wildman–Crippen LogP) is 5.19. The number of hydrogen-bond donors (Lipinski definition) is 0. The van der Waals surface area contributed by atoms with Crippen LogP contribution in [0.2, 0.25) is 0 Å². The second kappa shape index (κ2) is 7.98. The van der Waals surface area contributed by atoms with Crippen molar-refractivity contribution in [2.45, 2.75) is 27.2 Å². The zero-order valence-corrected chi connectivity index (χ0v) is 18.0. The predicted molar refractivity (Wildman–Crippen MR) is 115 cm³/mol. The topological polar surface area (TPSA) is 34.5 Å². The molecule has 3 rings (SSSR count). The summed E-state index contributed by atoms with van der Waals surface area (Å²) in [5, 5.41) is 1.56. The Hall–Kier alpha value is -1.57. The second-order valence-corrected chi connectivity index (χ2v) is 8.54. The lowest BCUT2D eigenvalue weighted by molar-refractivity contribution is -0.114. The van der Waals surface area contributed by atoms with Gasteiger partial charge in [-0.3, -0.25) is 9.47 Å². The van der Waals surface area contributed by atoms with Crippen molar-refractivity contribution in [1.29, 1.82) is 0 Å². The molecule has 4 nitrogen and oxygen atoms in total. The third-order valence-corrected chi connectivity index (χ3v) is 5.70. The van der Waals surface area contributed by atoms with Crippen molar-refractivity contribution in [2.75, 3.05) is 11.6 Å². The van der Waals surface area contributed by atoms with E-state index >= 15 is 0 Å². The van der Waals surface area contributed by atoms with Gasteiger partial charge in [0.1, 0.15) is 5.75 Å². The van der Waals surface area contributed by atoms with Crippen LogP contribution in [0.15, 0.2) is 39.7 Å². The number of ether oxygens (including phenoxy) is 1. The summed E-state index contributed by atoms with van der Waals surface area (Å²) in [7, 11) is 0. The maximum atomic E-state index is 13.0. The molecule has 1 aliphatic heterocycles. The van der Waals surface area contributed by atoms with Crippen molar-refractivity contribution in [1.82, 2.24) is 4.68 Å². The van der Waals surface area contributed by atoms with Crippen LogP contribution >= 0.6 is 39.9 Å². The molecule has 0 spiro atoms. The second-order valence-electron chi connectivity index (χ2n) is 5.95. The molecule has 0 radical (unpaired) electrons. The number of carbonyl (C=O) groups excluding carboxylic acids is 1. The van der Waals surface area contributed by atoms with E-state index in [2.05, 4.69) is 22.9 Å². The normalized spacial score (nSPS) is 16.0. The molecule has 0 atom stereocenters. The lowest BCUT2D eigenvalue weighted by Gasteiger charge is -2.20. The van der Waals surface area contributed by atoms with Crippen molar-refractivity contribution in [3.63, 3.8) is 0 Å². The first-order chi connectivity index (χ1) is 12.4. The minimum absolute atomic E-state index is 0.121. The highest BCUT2D eigenvalue weighted by Gasteiger charge is 2.34. The SMILES string of the molecule is CCCOc1ccc(Br)cc1/C=C1/SC(=S)N(n2c(C)ccc2C)C1=O. The number of rotatable bonds is 5. The molecule has 2 heterocycles. The van der Waals surface area contributed by atoms with Gasteiger partial charge in [0.15, 0.2) is 4.32 Å². The van der Waals surface area contributed by atoms with Gasteiger partial charge < -0.3 is 4.74 Å². The first-order valence-corrected chi connectivity index (χ1v) is 10.3. The monoisotopic (exact) mass is 450 g/mol. The van der Waals surface area contributed by atoms with E-state index in [0.29, 0.717) is 15.8 Å². The quantitative estimate of drug-likeness (QED) is 0.463. The first-order valence-electron chi connectivity index (χ1n) is 8.28. The smallest absolute Gasteiger partial charge is 0.285 e. The molecule has 26 heavy (non-hydrogen) atoms. The van der Waals surface area contributed by atoms with E-state index in [4.69, 9.17) is 17.0 Å². The van der Waals surface area contributed by atoms with E-state index in [1.807, 2.05) is 54.9 Å². The van der Waals surface area contributed by atoms with Gasteiger partial charge >= 0.3 is 0 Å². The largest absolute Gasteiger partial charge is 0.493 e. The van der Waals surface area contributed by atoms with Gasteiger partial charge in [-0.1, -0.05) is 34.6 Å². The minimum atomic E-state index is -0.121. The van der Waals surface area contributed by atoms with Crippen LogP contribution in [0.3, 0.4) is 0 Å². The number of aromatic nitrogens is 1. The molecule has 0 bridgehead atoms. The minimum Gasteiger partial charge on any atom is -0.493 e. The molecule has 2 aromatic rings. The number of hydrogen-bond acceptors (Lipinski definition) is 4. The number of thiocarbonyl (C=S) groups is 1. The summed E-state index contributed by atoms with van der Waals surface area (Å²) in [4.78, 5) is 13.6. The molecule has 1 fully saturated rings. The Morgan fingerprint density at radius 1 is 1.23 bits per heavy atom. The Morgan fingerprint density at radius 3 is 2.58 bits per heavy atom. The van der Waals surface area contributed by atoms with Crippen LogP contribution in [0.1, 0.15) is 30.3 Å².